The van der Waals surface area contributed by atoms with Crippen molar-refractivity contribution in [1.29, 1.82) is 0 Å². The number of nitrogens with zero attached hydrogens (tertiary/aromatic N) is 3. The van der Waals surface area contributed by atoms with Crippen LogP contribution in [0.2, 0.25) is 0 Å². The molecule has 1 saturated heterocycles. The molecule has 0 N–H and O–H groups in total. The van der Waals surface area contributed by atoms with Gasteiger partial charge in [0.15, 0.2) is 15.0 Å². The minimum absolute atomic E-state index is 0.339. The Morgan fingerprint density at radius 2 is 1.85 bits per heavy atom. The van der Waals surface area contributed by atoms with Crippen LogP contribution in [0.1, 0.15) is 17.0 Å². The van der Waals surface area contributed by atoms with Crippen molar-refractivity contribution in [3.05, 3.63) is 47.3 Å². The van der Waals surface area contributed by atoms with Gasteiger partial charge in [0.1, 0.15) is 0 Å². The molecule has 0 spiro atoms. The molecule has 0 unspecified atom stereocenters. The van der Waals surface area contributed by atoms with Crippen LogP contribution >= 0.6 is 11.8 Å². The van der Waals surface area contributed by atoms with Crippen LogP contribution in [0.15, 0.2) is 40.4 Å². The van der Waals surface area contributed by atoms with Crippen molar-refractivity contribution in [2.75, 3.05) is 32.6 Å². The highest BCUT2D eigenvalue weighted by Gasteiger charge is 2.13. The lowest BCUT2D eigenvalue weighted by atomic mass is 10.2. The standard InChI is InChI=1S/C18H23N3O3S2/c1-14-11-16(12-21-7-9-24-10-8-21)20-18(19-14)25-13-15-3-5-17(6-4-15)26(2,22)23/h3-6,11H,7-10,12-13H2,1-2H3. The van der Waals surface area contributed by atoms with Crippen LogP contribution < -0.4 is 0 Å². The number of rotatable bonds is 6. The molecule has 8 heteroatoms. The predicted octanol–water partition coefficient (Wildman–Crippen LogP) is 2.31. The molecule has 1 aliphatic heterocycles. The van der Waals surface area contributed by atoms with E-state index in [-0.39, 0.29) is 0 Å². The van der Waals surface area contributed by atoms with Crippen LogP contribution in [0.5, 0.6) is 0 Å². The van der Waals surface area contributed by atoms with Crippen LogP contribution in [-0.4, -0.2) is 55.8 Å². The van der Waals surface area contributed by atoms with E-state index in [9.17, 15) is 8.42 Å². The van der Waals surface area contributed by atoms with E-state index in [1.54, 1.807) is 23.9 Å². The maximum absolute atomic E-state index is 11.5. The molecule has 0 saturated carbocycles. The lowest BCUT2D eigenvalue weighted by Gasteiger charge is -2.26. The fourth-order valence-electron chi connectivity index (χ4n) is 2.72. The average Bonchev–Trinajstić information content (AvgIpc) is 2.60. The summed E-state index contributed by atoms with van der Waals surface area (Å²) in [5.74, 6) is 0.699. The first-order chi connectivity index (χ1) is 12.4. The topological polar surface area (TPSA) is 72.4 Å². The van der Waals surface area contributed by atoms with Gasteiger partial charge in [0, 0.05) is 37.3 Å². The Morgan fingerprint density at radius 3 is 2.50 bits per heavy atom. The summed E-state index contributed by atoms with van der Waals surface area (Å²) in [6.45, 7) is 6.19. The summed E-state index contributed by atoms with van der Waals surface area (Å²) in [4.78, 5) is 11.9. The van der Waals surface area contributed by atoms with E-state index in [4.69, 9.17) is 4.74 Å². The van der Waals surface area contributed by atoms with E-state index < -0.39 is 9.84 Å². The van der Waals surface area contributed by atoms with Crippen LogP contribution in [0.3, 0.4) is 0 Å². The normalized spacial score (nSPS) is 15.9. The van der Waals surface area contributed by atoms with Gasteiger partial charge in [-0.25, -0.2) is 18.4 Å². The number of aromatic nitrogens is 2. The first kappa shape index (κ1) is 19.3. The zero-order valence-electron chi connectivity index (χ0n) is 15.0. The molecule has 0 radical (unpaired) electrons. The Morgan fingerprint density at radius 1 is 1.15 bits per heavy atom. The molecule has 1 aromatic heterocycles. The van der Waals surface area contributed by atoms with Crippen LogP contribution in [-0.2, 0) is 26.9 Å². The van der Waals surface area contributed by atoms with Crippen LogP contribution in [0.4, 0.5) is 0 Å². The molecular weight excluding hydrogens is 370 g/mol. The molecule has 6 nitrogen and oxygen atoms in total. The molecule has 2 heterocycles. The van der Waals surface area contributed by atoms with Gasteiger partial charge in [0.2, 0.25) is 0 Å². The van der Waals surface area contributed by atoms with E-state index >= 15 is 0 Å². The van der Waals surface area contributed by atoms with Crippen LogP contribution in [0, 0.1) is 6.92 Å². The first-order valence-corrected chi connectivity index (χ1v) is 11.3. The quantitative estimate of drug-likeness (QED) is 0.551. The third kappa shape index (κ3) is 5.51. The van der Waals surface area contributed by atoms with Gasteiger partial charge in [-0.1, -0.05) is 23.9 Å². The summed E-state index contributed by atoms with van der Waals surface area (Å²) >= 11 is 1.56. The predicted molar refractivity (Wildman–Crippen MR) is 102 cm³/mol. The van der Waals surface area contributed by atoms with Gasteiger partial charge in [0.25, 0.3) is 0 Å². The van der Waals surface area contributed by atoms with Crippen molar-refractivity contribution < 1.29 is 13.2 Å². The number of ether oxygens (including phenoxy) is 1. The summed E-state index contributed by atoms with van der Waals surface area (Å²) in [7, 11) is -3.16. The third-order valence-electron chi connectivity index (χ3n) is 4.10. The van der Waals surface area contributed by atoms with Crippen molar-refractivity contribution in [2.24, 2.45) is 0 Å². The Hall–Kier alpha value is -1.48. The highest BCUT2D eigenvalue weighted by molar-refractivity contribution is 7.98. The lowest BCUT2D eigenvalue weighted by molar-refractivity contribution is 0.0335. The lowest BCUT2D eigenvalue weighted by Crippen LogP contribution is -2.35. The second kappa shape index (κ2) is 8.47. The number of hydrogen-bond acceptors (Lipinski definition) is 7. The zero-order valence-corrected chi connectivity index (χ0v) is 16.6. The molecule has 26 heavy (non-hydrogen) atoms. The number of hydrogen-bond donors (Lipinski definition) is 0. The highest BCUT2D eigenvalue weighted by atomic mass is 32.2. The Balaban J connectivity index is 1.64. The van der Waals surface area contributed by atoms with E-state index in [2.05, 4.69) is 14.9 Å². The molecule has 1 aliphatic rings. The number of morpholine rings is 1. The van der Waals surface area contributed by atoms with Gasteiger partial charge >= 0.3 is 0 Å². The van der Waals surface area contributed by atoms with E-state index in [0.29, 0.717) is 10.6 Å². The molecule has 1 aromatic carbocycles. The Labute approximate surface area is 158 Å². The van der Waals surface area contributed by atoms with Crippen molar-refractivity contribution >= 4 is 21.6 Å². The fraction of sp³-hybridized carbons (Fsp3) is 0.444. The Kier molecular flexibility index (Phi) is 6.29. The zero-order chi connectivity index (χ0) is 18.6. The molecule has 0 amide bonds. The first-order valence-electron chi connectivity index (χ1n) is 8.46. The molecule has 0 atom stereocenters. The van der Waals surface area contributed by atoms with Gasteiger partial charge in [0.05, 0.1) is 23.8 Å². The molecule has 140 valence electrons. The highest BCUT2D eigenvalue weighted by Crippen LogP contribution is 2.21. The summed E-state index contributed by atoms with van der Waals surface area (Å²) in [6, 6.07) is 9.00. The van der Waals surface area contributed by atoms with E-state index in [0.717, 1.165) is 55.0 Å². The molecule has 2 aromatic rings. The third-order valence-corrected chi connectivity index (χ3v) is 6.14. The summed E-state index contributed by atoms with van der Waals surface area (Å²) in [6.07, 6.45) is 1.22. The summed E-state index contributed by atoms with van der Waals surface area (Å²) < 4.78 is 28.4. The van der Waals surface area contributed by atoms with E-state index in [1.165, 1.54) is 6.26 Å². The van der Waals surface area contributed by atoms with Gasteiger partial charge in [-0.3, -0.25) is 4.90 Å². The molecular formula is C18H23N3O3S2. The minimum Gasteiger partial charge on any atom is -0.379 e. The van der Waals surface area contributed by atoms with Gasteiger partial charge in [-0.15, -0.1) is 0 Å². The number of sulfone groups is 1. The second-order valence-corrected chi connectivity index (χ2v) is 9.33. The van der Waals surface area contributed by atoms with Crippen molar-refractivity contribution in [2.45, 2.75) is 29.3 Å². The van der Waals surface area contributed by atoms with Crippen molar-refractivity contribution in [1.82, 2.24) is 14.9 Å². The van der Waals surface area contributed by atoms with Gasteiger partial charge in [-0.2, -0.15) is 0 Å². The number of thioether (sulfide) groups is 1. The van der Waals surface area contributed by atoms with Crippen molar-refractivity contribution in [3.8, 4) is 0 Å². The summed E-state index contributed by atoms with van der Waals surface area (Å²) in [5.41, 5.74) is 3.02. The maximum atomic E-state index is 11.5. The van der Waals surface area contributed by atoms with Gasteiger partial charge < -0.3 is 4.74 Å². The number of benzene rings is 1. The molecule has 3 rings (SSSR count). The fourth-order valence-corrected chi connectivity index (χ4v) is 4.23. The monoisotopic (exact) mass is 393 g/mol. The van der Waals surface area contributed by atoms with Crippen molar-refractivity contribution in [3.63, 3.8) is 0 Å². The molecule has 1 fully saturated rings. The average molecular weight is 394 g/mol. The smallest absolute Gasteiger partial charge is 0.188 e. The minimum atomic E-state index is -3.16. The van der Waals surface area contributed by atoms with E-state index in [1.807, 2.05) is 25.1 Å². The second-order valence-electron chi connectivity index (χ2n) is 6.38. The van der Waals surface area contributed by atoms with Gasteiger partial charge in [-0.05, 0) is 30.7 Å². The SMILES string of the molecule is Cc1cc(CN2CCOCC2)nc(SCc2ccc(S(C)(=O)=O)cc2)n1. The Bertz CT molecular complexity index is 848. The number of aryl methyl sites for hydroxylation is 1. The van der Waals surface area contributed by atoms with Crippen LogP contribution in [0.25, 0.3) is 0 Å². The largest absolute Gasteiger partial charge is 0.379 e. The summed E-state index contributed by atoms with van der Waals surface area (Å²) in [5, 5.41) is 0.750. The molecule has 0 aliphatic carbocycles. The molecule has 0 bridgehead atoms. The maximum Gasteiger partial charge on any atom is 0.188 e.